The van der Waals surface area contributed by atoms with Gasteiger partial charge in [0.15, 0.2) is 0 Å². The van der Waals surface area contributed by atoms with Gasteiger partial charge in [-0.25, -0.2) is 0 Å². The Morgan fingerprint density at radius 2 is 1.69 bits per heavy atom. The fourth-order valence-corrected chi connectivity index (χ4v) is 5.24. The van der Waals surface area contributed by atoms with Crippen LogP contribution in [0.5, 0.6) is 17.2 Å². The number of methoxy groups -OCH3 is 2. The van der Waals surface area contributed by atoms with E-state index in [0.717, 1.165) is 16.0 Å². The van der Waals surface area contributed by atoms with Crippen LogP contribution in [0, 0.1) is 13.8 Å². The molecule has 4 rings (SSSR count). The van der Waals surface area contributed by atoms with Crippen molar-refractivity contribution < 1.29 is 28.9 Å². The van der Waals surface area contributed by atoms with Crippen LogP contribution in [0.4, 0.5) is 5.69 Å². The Morgan fingerprint density at radius 3 is 2.23 bits per heavy atom. The van der Waals surface area contributed by atoms with Gasteiger partial charge in [-0.2, -0.15) is 0 Å². The summed E-state index contributed by atoms with van der Waals surface area (Å²) in [5.74, 6) is -0.0747. The number of hydrogen-bond donors (Lipinski definition) is 1. The predicted molar refractivity (Wildman–Crippen MR) is 136 cm³/mol. The summed E-state index contributed by atoms with van der Waals surface area (Å²) in [6, 6.07) is 11.3. The van der Waals surface area contributed by atoms with E-state index in [2.05, 4.69) is 0 Å². The number of rotatable bonds is 7. The Bertz CT molecular complexity index is 1300. The van der Waals surface area contributed by atoms with E-state index in [1.807, 2.05) is 32.2 Å². The summed E-state index contributed by atoms with van der Waals surface area (Å²) in [4.78, 5) is 29.0. The largest absolute Gasteiger partial charge is 0.507 e. The number of nitrogens with zero attached hydrogens (tertiary/aromatic N) is 1. The van der Waals surface area contributed by atoms with Gasteiger partial charge in [-0.05, 0) is 61.5 Å². The van der Waals surface area contributed by atoms with E-state index >= 15 is 0 Å². The second kappa shape index (κ2) is 9.84. The van der Waals surface area contributed by atoms with Crippen molar-refractivity contribution in [1.82, 2.24) is 0 Å². The van der Waals surface area contributed by atoms with Crippen LogP contribution >= 0.6 is 11.3 Å². The minimum atomic E-state index is -0.807. The third kappa shape index (κ3) is 4.37. The summed E-state index contributed by atoms with van der Waals surface area (Å²) in [6.45, 7) is 6.19. The molecule has 1 unspecified atom stereocenters. The highest BCUT2D eigenvalue weighted by Gasteiger charge is 2.48. The van der Waals surface area contributed by atoms with Gasteiger partial charge in [-0.3, -0.25) is 14.5 Å². The molecule has 0 radical (unpaired) electrons. The first-order chi connectivity index (χ1) is 16.8. The number of benzene rings is 2. The summed E-state index contributed by atoms with van der Waals surface area (Å²) >= 11 is 1.42. The topological polar surface area (TPSA) is 85.3 Å². The van der Waals surface area contributed by atoms with Crippen molar-refractivity contribution in [2.45, 2.75) is 26.8 Å². The zero-order valence-corrected chi connectivity index (χ0v) is 21.1. The van der Waals surface area contributed by atoms with Gasteiger partial charge in [-0.15, -0.1) is 11.3 Å². The van der Waals surface area contributed by atoms with Crippen molar-refractivity contribution in [3.63, 3.8) is 0 Å². The number of aryl methyl sites for hydroxylation is 2. The maximum absolute atomic E-state index is 13.4. The normalized spacial score (nSPS) is 17.1. The van der Waals surface area contributed by atoms with Crippen LogP contribution in [0.25, 0.3) is 5.76 Å². The van der Waals surface area contributed by atoms with Gasteiger partial charge < -0.3 is 19.3 Å². The van der Waals surface area contributed by atoms with E-state index in [0.29, 0.717) is 35.1 Å². The monoisotopic (exact) mass is 493 g/mol. The number of Topliss-reactive ketones (excluding diaryl/α,β-unsaturated/α-hetero) is 1. The standard InChI is InChI=1S/C27H27NO6S/c1-6-34-21-8-7-17(11-16(21)3)24(29)22-23(26-15(2)9-10-35-26)28(27(31)25(22)30)18-12-19(32-4)14-20(13-18)33-5/h7-14,23,29H,6H2,1-5H3/b24-22-. The molecule has 1 amide bonds. The molecular formula is C27H27NO6S. The highest BCUT2D eigenvalue weighted by molar-refractivity contribution is 7.10. The number of hydrogen-bond acceptors (Lipinski definition) is 7. The minimum Gasteiger partial charge on any atom is -0.507 e. The third-order valence-corrected chi connectivity index (χ3v) is 7.03. The van der Waals surface area contributed by atoms with E-state index in [4.69, 9.17) is 14.2 Å². The zero-order chi connectivity index (χ0) is 25.3. The molecule has 0 saturated carbocycles. The highest BCUT2D eigenvalue weighted by Crippen LogP contribution is 2.46. The van der Waals surface area contributed by atoms with Crippen LogP contribution in [0.15, 0.2) is 53.4 Å². The van der Waals surface area contributed by atoms with Crippen LogP contribution < -0.4 is 19.1 Å². The van der Waals surface area contributed by atoms with Gasteiger partial charge in [0.05, 0.1) is 32.1 Å². The lowest BCUT2D eigenvalue weighted by Crippen LogP contribution is -2.29. The minimum absolute atomic E-state index is 0.0332. The lowest BCUT2D eigenvalue weighted by atomic mass is 9.97. The first-order valence-corrected chi connectivity index (χ1v) is 12.0. The van der Waals surface area contributed by atoms with E-state index in [1.54, 1.807) is 36.4 Å². The number of carbonyl (C=O) groups excluding carboxylic acids is 2. The van der Waals surface area contributed by atoms with Crippen LogP contribution in [0.3, 0.4) is 0 Å². The van der Waals surface area contributed by atoms with E-state index in [1.165, 1.54) is 30.5 Å². The van der Waals surface area contributed by atoms with E-state index in [9.17, 15) is 14.7 Å². The average Bonchev–Trinajstić information content (AvgIpc) is 3.39. The van der Waals surface area contributed by atoms with Crippen molar-refractivity contribution in [3.05, 3.63) is 75.0 Å². The molecule has 1 N–H and O–H groups in total. The van der Waals surface area contributed by atoms with Crippen molar-refractivity contribution in [3.8, 4) is 17.2 Å². The first kappa shape index (κ1) is 24.3. The maximum atomic E-state index is 13.4. The SMILES string of the molecule is CCOc1ccc(/C(O)=C2/C(=O)C(=O)N(c3cc(OC)cc(OC)c3)C2c2sccc2C)cc1C. The van der Waals surface area contributed by atoms with Crippen LogP contribution in [0.2, 0.25) is 0 Å². The zero-order valence-electron chi connectivity index (χ0n) is 20.2. The number of carbonyl (C=O) groups is 2. The Labute approximate surface area is 208 Å². The fourth-order valence-electron chi connectivity index (χ4n) is 4.21. The lowest BCUT2D eigenvalue weighted by Gasteiger charge is -2.25. The number of aliphatic hydroxyl groups is 1. The summed E-state index contributed by atoms with van der Waals surface area (Å²) in [5.41, 5.74) is 2.63. The van der Waals surface area contributed by atoms with Gasteiger partial charge in [0.25, 0.3) is 11.7 Å². The Kier molecular flexibility index (Phi) is 6.84. The average molecular weight is 494 g/mol. The molecule has 1 atom stereocenters. The summed E-state index contributed by atoms with van der Waals surface area (Å²) < 4.78 is 16.4. The summed E-state index contributed by atoms with van der Waals surface area (Å²) in [5, 5.41) is 13.3. The lowest BCUT2D eigenvalue weighted by molar-refractivity contribution is -0.132. The smallest absolute Gasteiger partial charge is 0.300 e. The fraction of sp³-hybridized carbons (Fsp3) is 0.259. The molecule has 2 aromatic carbocycles. The number of anilines is 1. The molecule has 182 valence electrons. The van der Waals surface area contributed by atoms with E-state index < -0.39 is 17.7 Å². The van der Waals surface area contributed by atoms with Gasteiger partial charge in [0.1, 0.15) is 29.0 Å². The molecular weight excluding hydrogens is 466 g/mol. The Hall–Kier alpha value is -3.78. The molecule has 2 heterocycles. The summed E-state index contributed by atoms with van der Waals surface area (Å²) in [7, 11) is 3.03. The van der Waals surface area contributed by atoms with Crippen LogP contribution in [-0.2, 0) is 9.59 Å². The van der Waals surface area contributed by atoms with Gasteiger partial charge in [0.2, 0.25) is 0 Å². The molecule has 0 spiro atoms. The van der Waals surface area contributed by atoms with Gasteiger partial charge in [0, 0.05) is 28.6 Å². The molecule has 1 aliphatic heterocycles. The Balaban J connectivity index is 1.93. The molecule has 7 nitrogen and oxygen atoms in total. The van der Waals surface area contributed by atoms with Crippen LogP contribution in [-0.4, -0.2) is 37.6 Å². The second-order valence-corrected chi connectivity index (χ2v) is 9.07. The number of ether oxygens (including phenoxy) is 3. The van der Waals surface area contributed by atoms with Crippen molar-refractivity contribution in [2.75, 3.05) is 25.7 Å². The third-order valence-electron chi connectivity index (χ3n) is 5.96. The molecule has 35 heavy (non-hydrogen) atoms. The highest BCUT2D eigenvalue weighted by atomic mass is 32.1. The van der Waals surface area contributed by atoms with Gasteiger partial charge in [-0.1, -0.05) is 0 Å². The van der Waals surface area contributed by atoms with Crippen molar-refractivity contribution in [1.29, 1.82) is 0 Å². The quantitative estimate of drug-likeness (QED) is 0.269. The molecule has 0 aliphatic carbocycles. The summed E-state index contributed by atoms with van der Waals surface area (Å²) in [6.07, 6.45) is 0. The second-order valence-electron chi connectivity index (χ2n) is 8.12. The molecule has 1 aliphatic rings. The first-order valence-electron chi connectivity index (χ1n) is 11.1. The number of aliphatic hydroxyl groups excluding tert-OH is 1. The molecule has 3 aromatic rings. The number of thiophene rings is 1. The predicted octanol–water partition coefficient (Wildman–Crippen LogP) is 5.41. The van der Waals surface area contributed by atoms with Crippen LogP contribution in [0.1, 0.15) is 34.5 Å². The molecule has 1 saturated heterocycles. The number of ketones is 1. The molecule has 1 aromatic heterocycles. The molecule has 1 fully saturated rings. The maximum Gasteiger partial charge on any atom is 0.300 e. The van der Waals surface area contributed by atoms with E-state index in [-0.39, 0.29) is 11.3 Å². The molecule has 8 heteroatoms. The van der Waals surface area contributed by atoms with Crippen molar-refractivity contribution >= 4 is 34.5 Å². The Morgan fingerprint density at radius 1 is 1.00 bits per heavy atom. The van der Waals surface area contributed by atoms with Gasteiger partial charge >= 0.3 is 0 Å². The molecule has 0 bridgehead atoms. The number of amides is 1. The van der Waals surface area contributed by atoms with Crippen molar-refractivity contribution in [2.24, 2.45) is 0 Å².